The number of benzene rings is 1. The zero-order valence-corrected chi connectivity index (χ0v) is 16.5. The largest absolute Gasteiger partial charge is 0.490 e. The van der Waals surface area contributed by atoms with Crippen molar-refractivity contribution in [1.82, 2.24) is 14.4 Å². The van der Waals surface area contributed by atoms with Gasteiger partial charge in [-0.05, 0) is 37.5 Å². The van der Waals surface area contributed by atoms with Gasteiger partial charge in [-0.15, -0.1) is 0 Å². The molecule has 5 nitrogen and oxygen atoms in total. The van der Waals surface area contributed by atoms with E-state index < -0.39 is 12.7 Å². The Morgan fingerprint density at radius 1 is 1.14 bits per heavy atom. The summed E-state index contributed by atoms with van der Waals surface area (Å²) >= 11 is 0. The fraction of sp³-hybridized carbons (Fsp3) is 0.571. The lowest BCUT2D eigenvalue weighted by Crippen LogP contribution is -2.45. The van der Waals surface area contributed by atoms with E-state index in [0.717, 1.165) is 38.9 Å². The molecule has 1 aromatic heterocycles. The summed E-state index contributed by atoms with van der Waals surface area (Å²) in [5, 5.41) is 0.713. The molecule has 2 aliphatic heterocycles. The fourth-order valence-corrected chi connectivity index (χ4v) is 4.39. The second-order valence-corrected chi connectivity index (χ2v) is 8.06. The first-order valence-corrected chi connectivity index (χ1v) is 10.1. The number of likely N-dealkylation sites (N-methyl/N-ethyl adjacent to an activating group) is 1. The van der Waals surface area contributed by atoms with Crippen LogP contribution < -0.4 is 4.74 Å². The van der Waals surface area contributed by atoms with E-state index in [1.165, 1.54) is 10.8 Å². The van der Waals surface area contributed by atoms with Crippen LogP contribution in [0.15, 0.2) is 30.5 Å². The quantitative estimate of drug-likeness (QED) is 0.756. The van der Waals surface area contributed by atoms with Crippen LogP contribution in [0.4, 0.5) is 13.2 Å². The van der Waals surface area contributed by atoms with Crippen molar-refractivity contribution in [2.45, 2.75) is 50.6 Å². The number of likely N-dealkylation sites (tertiary alicyclic amines) is 2. The average molecular weight is 409 g/mol. The first kappa shape index (κ1) is 20.1. The molecule has 3 heterocycles. The minimum absolute atomic E-state index is 0.0470. The number of rotatable bonds is 5. The lowest BCUT2D eigenvalue weighted by molar-refractivity contribution is -0.139. The van der Waals surface area contributed by atoms with Crippen LogP contribution in [-0.2, 0) is 11.3 Å². The number of carbonyl (C=O) groups excluding carboxylic acids is 1. The Morgan fingerprint density at radius 2 is 1.90 bits per heavy atom. The van der Waals surface area contributed by atoms with Gasteiger partial charge in [-0.3, -0.25) is 4.79 Å². The smallest absolute Gasteiger partial charge is 0.406 e. The second kappa shape index (κ2) is 7.89. The number of halogens is 3. The van der Waals surface area contributed by atoms with Crippen molar-refractivity contribution in [1.29, 1.82) is 0 Å². The number of fused-ring (bicyclic) bond motifs is 1. The van der Waals surface area contributed by atoms with Gasteiger partial charge in [-0.25, -0.2) is 0 Å². The molecule has 0 radical (unpaired) electrons. The predicted octanol–water partition coefficient (Wildman–Crippen LogP) is 3.67. The maximum absolute atomic E-state index is 12.8. The first-order chi connectivity index (χ1) is 13.8. The Kier molecular flexibility index (Phi) is 5.46. The number of hydrogen-bond acceptors (Lipinski definition) is 3. The van der Waals surface area contributed by atoms with Crippen LogP contribution in [-0.4, -0.2) is 65.3 Å². The third-order valence-corrected chi connectivity index (χ3v) is 6.05. The van der Waals surface area contributed by atoms with Gasteiger partial charge in [0.25, 0.3) is 0 Å². The van der Waals surface area contributed by atoms with Crippen LogP contribution in [0, 0.1) is 0 Å². The van der Waals surface area contributed by atoms with Gasteiger partial charge < -0.3 is 19.1 Å². The molecule has 2 aliphatic rings. The zero-order chi connectivity index (χ0) is 20.6. The molecule has 158 valence electrons. The van der Waals surface area contributed by atoms with Crippen LogP contribution in [0.2, 0.25) is 0 Å². The molecule has 0 N–H and O–H groups in total. The maximum atomic E-state index is 12.8. The molecule has 0 saturated carbocycles. The number of alkyl halides is 3. The van der Waals surface area contributed by atoms with Crippen molar-refractivity contribution in [3.8, 4) is 5.75 Å². The van der Waals surface area contributed by atoms with Crippen LogP contribution in [0.25, 0.3) is 10.9 Å². The first-order valence-electron chi connectivity index (χ1n) is 10.1. The number of carbonyl (C=O) groups is 1. The third-order valence-electron chi connectivity index (χ3n) is 6.05. The van der Waals surface area contributed by atoms with Crippen LogP contribution in [0.3, 0.4) is 0 Å². The summed E-state index contributed by atoms with van der Waals surface area (Å²) in [6, 6.07) is 7.24. The van der Waals surface area contributed by atoms with Crippen molar-refractivity contribution in [2.75, 3.05) is 26.7 Å². The summed E-state index contributed by atoms with van der Waals surface area (Å²) in [7, 11) is 1.88. The van der Waals surface area contributed by atoms with Gasteiger partial charge in [0.1, 0.15) is 18.4 Å². The Morgan fingerprint density at radius 3 is 2.55 bits per heavy atom. The highest BCUT2D eigenvalue weighted by Crippen LogP contribution is 2.31. The normalized spacial score (nSPS) is 22.0. The number of aromatic nitrogens is 1. The zero-order valence-electron chi connectivity index (χ0n) is 16.5. The molecule has 0 bridgehead atoms. The Balaban J connectivity index is 1.36. The minimum atomic E-state index is -4.26. The molecule has 1 amide bonds. The van der Waals surface area contributed by atoms with Gasteiger partial charge in [-0.1, -0.05) is 6.07 Å². The maximum Gasteiger partial charge on any atom is 0.406 e. The van der Waals surface area contributed by atoms with E-state index >= 15 is 0 Å². The van der Waals surface area contributed by atoms with E-state index in [1.54, 1.807) is 18.2 Å². The summed E-state index contributed by atoms with van der Waals surface area (Å²) in [6.45, 7) is 1.68. The van der Waals surface area contributed by atoms with Gasteiger partial charge >= 0.3 is 6.18 Å². The standard InChI is InChI=1S/C21H26F3N3O2/c1-25-15(5-6-20(25)28)13-26-10-7-16(8-11-26)29-19-4-2-3-18-17(19)9-12-27(18)14-21(22,23)24/h2-4,9,12,15-16H,5-8,10-11,13-14H2,1H3. The highest BCUT2D eigenvalue weighted by Gasteiger charge is 2.31. The van der Waals surface area contributed by atoms with Crippen molar-refractivity contribution < 1.29 is 22.7 Å². The average Bonchev–Trinajstić information content (AvgIpc) is 3.21. The molecule has 1 aromatic carbocycles. The molecule has 0 spiro atoms. The van der Waals surface area contributed by atoms with E-state index in [0.29, 0.717) is 29.1 Å². The molecule has 29 heavy (non-hydrogen) atoms. The lowest BCUT2D eigenvalue weighted by Gasteiger charge is -2.35. The van der Waals surface area contributed by atoms with Crippen LogP contribution in [0.1, 0.15) is 25.7 Å². The molecular formula is C21H26F3N3O2. The van der Waals surface area contributed by atoms with Gasteiger partial charge in [-0.2, -0.15) is 13.2 Å². The number of piperidine rings is 1. The molecule has 8 heteroatoms. The molecule has 1 unspecified atom stereocenters. The van der Waals surface area contributed by atoms with Crippen molar-refractivity contribution in [3.63, 3.8) is 0 Å². The molecule has 1 atom stereocenters. The molecule has 2 saturated heterocycles. The summed E-state index contributed by atoms with van der Waals surface area (Å²) in [6.07, 6.45) is 0.543. The van der Waals surface area contributed by atoms with Crippen molar-refractivity contribution in [2.24, 2.45) is 0 Å². The van der Waals surface area contributed by atoms with Crippen LogP contribution in [0.5, 0.6) is 5.75 Å². The van der Waals surface area contributed by atoms with Gasteiger partial charge in [0.2, 0.25) is 5.91 Å². The lowest BCUT2D eigenvalue weighted by atomic mass is 10.1. The van der Waals surface area contributed by atoms with E-state index in [9.17, 15) is 18.0 Å². The summed E-state index contributed by atoms with van der Waals surface area (Å²) in [4.78, 5) is 15.9. The Hall–Kier alpha value is -2.22. The second-order valence-electron chi connectivity index (χ2n) is 8.06. The van der Waals surface area contributed by atoms with E-state index in [-0.39, 0.29) is 12.0 Å². The number of ether oxygens (including phenoxy) is 1. The van der Waals surface area contributed by atoms with Gasteiger partial charge in [0.05, 0.1) is 5.52 Å². The SMILES string of the molecule is CN1C(=O)CCC1CN1CCC(Oc2cccc3c2ccn3CC(F)(F)F)CC1. The van der Waals surface area contributed by atoms with Crippen molar-refractivity contribution >= 4 is 16.8 Å². The highest BCUT2D eigenvalue weighted by molar-refractivity contribution is 5.86. The van der Waals surface area contributed by atoms with E-state index in [4.69, 9.17) is 4.74 Å². The van der Waals surface area contributed by atoms with E-state index in [2.05, 4.69) is 4.90 Å². The number of hydrogen-bond donors (Lipinski definition) is 0. The van der Waals surface area contributed by atoms with Crippen LogP contribution >= 0.6 is 0 Å². The summed E-state index contributed by atoms with van der Waals surface area (Å²) in [5.41, 5.74) is 0.534. The molecule has 0 aliphatic carbocycles. The Labute approximate surface area is 168 Å². The number of nitrogens with zero attached hydrogens (tertiary/aromatic N) is 3. The predicted molar refractivity (Wildman–Crippen MR) is 104 cm³/mol. The van der Waals surface area contributed by atoms with Crippen molar-refractivity contribution in [3.05, 3.63) is 30.5 Å². The fourth-order valence-electron chi connectivity index (χ4n) is 4.39. The molecule has 2 fully saturated rings. The monoisotopic (exact) mass is 409 g/mol. The third kappa shape index (κ3) is 4.52. The topological polar surface area (TPSA) is 37.7 Å². The molecule has 2 aromatic rings. The Bertz CT molecular complexity index is 872. The summed E-state index contributed by atoms with van der Waals surface area (Å²) < 4.78 is 45.7. The number of amides is 1. The van der Waals surface area contributed by atoms with E-state index in [1.807, 2.05) is 18.0 Å². The minimum Gasteiger partial charge on any atom is -0.490 e. The molecule has 4 rings (SSSR count). The van der Waals surface area contributed by atoms with Gasteiger partial charge in [0.15, 0.2) is 0 Å². The molecular weight excluding hydrogens is 383 g/mol. The summed E-state index contributed by atoms with van der Waals surface area (Å²) in [5.74, 6) is 0.863. The van der Waals surface area contributed by atoms with Gasteiger partial charge in [0, 0.05) is 50.7 Å². The highest BCUT2D eigenvalue weighted by atomic mass is 19.4.